The summed E-state index contributed by atoms with van der Waals surface area (Å²) < 4.78 is 0. The molecule has 4 rings (SSSR count). The summed E-state index contributed by atoms with van der Waals surface area (Å²) in [5, 5.41) is 4.31. The van der Waals surface area contributed by atoms with Crippen molar-refractivity contribution in [2.24, 2.45) is 0 Å². The van der Waals surface area contributed by atoms with Crippen LogP contribution < -0.4 is 5.32 Å². The molecule has 0 aromatic heterocycles. The van der Waals surface area contributed by atoms with Crippen molar-refractivity contribution in [1.29, 1.82) is 0 Å². The van der Waals surface area contributed by atoms with Crippen molar-refractivity contribution in [1.82, 2.24) is 0 Å². The minimum Gasteiger partial charge on any atom is -0.375 e. The van der Waals surface area contributed by atoms with Crippen molar-refractivity contribution in [2.75, 3.05) is 5.32 Å². The predicted octanol–water partition coefficient (Wildman–Crippen LogP) is 6.24. The zero-order valence-corrected chi connectivity index (χ0v) is 15.6. The Balaban J connectivity index is 1.66. The molecule has 1 heterocycles. The van der Waals surface area contributed by atoms with Gasteiger partial charge in [0.05, 0.1) is 6.04 Å². The van der Waals surface area contributed by atoms with Crippen LogP contribution in [0.15, 0.2) is 83.8 Å². The molecule has 0 fully saturated rings. The number of carbonyl (C=O) groups excluding carboxylic acids is 1. The first-order valence-corrected chi connectivity index (χ1v) is 9.83. The molecule has 0 unspecified atom stereocenters. The number of benzene rings is 3. The lowest BCUT2D eigenvalue weighted by Crippen LogP contribution is -2.34. The monoisotopic (exact) mass is 379 g/mol. The number of hydrogen-bond acceptors (Lipinski definition) is 3. The fourth-order valence-corrected chi connectivity index (χ4v) is 4.70. The largest absolute Gasteiger partial charge is 0.375 e. The molecule has 2 nitrogen and oxygen atoms in total. The normalized spacial score (nSPS) is 18.7. The van der Waals surface area contributed by atoms with E-state index in [-0.39, 0.29) is 17.1 Å². The molecule has 0 amide bonds. The van der Waals surface area contributed by atoms with Gasteiger partial charge >= 0.3 is 0 Å². The van der Waals surface area contributed by atoms with E-state index in [9.17, 15) is 4.79 Å². The van der Waals surface area contributed by atoms with Gasteiger partial charge in [-0.3, -0.25) is 4.79 Å². The Labute approximate surface area is 162 Å². The van der Waals surface area contributed by atoms with Crippen molar-refractivity contribution in [3.63, 3.8) is 0 Å². The van der Waals surface area contributed by atoms with Gasteiger partial charge < -0.3 is 5.32 Å². The molecule has 0 radical (unpaired) electrons. The number of nitrogens with one attached hydrogen (secondary N) is 1. The van der Waals surface area contributed by atoms with E-state index in [1.807, 2.05) is 66.7 Å². The molecular weight excluding hydrogens is 362 g/mol. The summed E-state index contributed by atoms with van der Waals surface area (Å²) in [6.07, 6.45) is 0.723. The first-order chi connectivity index (χ1) is 12.7. The Morgan fingerprint density at radius 1 is 0.962 bits per heavy atom. The van der Waals surface area contributed by atoms with Crippen molar-refractivity contribution in [2.45, 2.75) is 22.6 Å². The fourth-order valence-electron chi connectivity index (χ4n) is 3.27. The Morgan fingerprint density at radius 3 is 2.38 bits per heavy atom. The molecule has 0 aliphatic carbocycles. The number of fused-ring (bicyclic) bond motifs is 1. The third-order valence-corrected chi connectivity index (χ3v) is 6.05. The second-order valence-corrected chi connectivity index (χ2v) is 8.03. The maximum atomic E-state index is 13.0. The maximum absolute atomic E-state index is 13.0. The number of anilines is 1. The predicted molar refractivity (Wildman–Crippen MR) is 109 cm³/mol. The van der Waals surface area contributed by atoms with Gasteiger partial charge in [-0.05, 0) is 42.3 Å². The van der Waals surface area contributed by atoms with Gasteiger partial charge in [0.15, 0.2) is 5.78 Å². The van der Waals surface area contributed by atoms with Crippen LogP contribution in [-0.2, 0) is 0 Å². The van der Waals surface area contributed by atoms with Crippen molar-refractivity contribution in [3.05, 3.63) is 95.0 Å². The van der Waals surface area contributed by atoms with Crippen LogP contribution in [0.25, 0.3) is 0 Å². The van der Waals surface area contributed by atoms with Crippen LogP contribution in [0, 0.1) is 0 Å². The van der Waals surface area contributed by atoms with Gasteiger partial charge in [0.1, 0.15) is 0 Å². The fraction of sp³-hybridized carbons (Fsp3) is 0.136. The van der Waals surface area contributed by atoms with Crippen LogP contribution in [-0.4, -0.2) is 11.8 Å². The van der Waals surface area contributed by atoms with E-state index in [0.717, 1.165) is 28.3 Å². The van der Waals surface area contributed by atoms with Gasteiger partial charge in [0.25, 0.3) is 0 Å². The number of ketones is 1. The molecule has 2 atom stereocenters. The van der Waals surface area contributed by atoms with E-state index < -0.39 is 0 Å². The summed E-state index contributed by atoms with van der Waals surface area (Å²) in [5.74, 6) is 0.130. The van der Waals surface area contributed by atoms with E-state index in [1.54, 1.807) is 11.8 Å². The second kappa shape index (κ2) is 7.56. The van der Waals surface area contributed by atoms with Crippen LogP contribution in [0.2, 0.25) is 5.02 Å². The third-order valence-electron chi connectivity index (χ3n) is 4.54. The van der Waals surface area contributed by atoms with Crippen LogP contribution in [0.5, 0.6) is 0 Å². The SMILES string of the molecule is O=C(c1ccccc1)[C@@H]1C[C@H](Sc2ccccc2)c2cc(Cl)ccc2N1. The molecule has 4 heteroatoms. The van der Waals surface area contributed by atoms with Gasteiger partial charge in [-0.15, -0.1) is 11.8 Å². The summed E-state index contributed by atoms with van der Waals surface area (Å²) in [6, 6.07) is 25.4. The zero-order chi connectivity index (χ0) is 17.9. The minimum atomic E-state index is -0.243. The summed E-state index contributed by atoms with van der Waals surface area (Å²) in [7, 11) is 0. The standard InChI is InChI=1S/C22H18ClNOS/c23-16-11-12-19-18(13-16)21(26-17-9-5-2-6-10-17)14-20(24-19)22(25)15-7-3-1-4-8-15/h1-13,20-21,24H,14H2/t20-,21-/m0/s1. The molecule has 0 spiro atoms. The van der Waals surface area contributed by atoms with Crippen molar-refractivity contribution < 1.29 is 4.79 Å². The highest BCUT2D eigenvalue weighted by Crippen LogP contribution is 2.46. The molecule has 1 aliphatic rings. The van der Waals surface area contributed by atoms with E-state index in [0.29, 0.717) is 0 Å². The molecule has 26 heavy (non-hydrogen) atoms. The highest BCUT2D eigenvalue weighted by Gasteiger charge is 2.32. The Bertz CT molecular complexity index is 914. The van der Waals surface area contributed by atoms with Gasteiger partial charge in [-0.1, -0.05) is 60.1 Å². The number of thioether (sulfide) groups is 1. The molecular formula is C22H18ClNOS. The van der Waals surface area contributed by atoms with Gasteiger partial charge in [-0.2, -0.15) is 0 Å². The van der Waals surface area contributed by atoms with Crippen molar-refractivity contribution >= 4 is 34.8 Å². The zero-order valence-electron chi connectivity index (χ0n) is 14.1. The minimum absolute atomic E-state index is 0.130. The maximum Gasteiger partial charge on any atom is 0.185 e. The van der Waals surface area contributed by atoms with E-state index in [4.69, 9.17) is 11.6 Å². The molecule has 1 aliphatic heterocycles. The van der Waals surface area contributed by atoms with Gasteiger partial charge in [0.2, 0.25) is 0 Å². The van der Waals surface area contributed by atoms with Crippen molar-refractivity contribution in [3.8, 4) is 0 Å². The smallest absolute Gasteiger partial charge is 0.185 e. The lowest BCUT2D eigenvalue weighted by atomic mass is 9.92. The highest BCUT2D eigenvalue weighted by atomic mass is 35.5. The Morgan fingerprint density at radius 2 is 1.65 bits per heavy atom. The van der Waals surface area contributed by atoms with Crippen LogP contribution in [0.1, 0.15) is 27.6 Å². The van der Waals surface area contributed by atoms with Gasteiger partial charge in [-0.25, -0.2) is 0 Å². The third kappa shape index (κ3) is 3.64. The number of halogens is 1. The number of hydrogen-bond donors (Lipinski definition) is 1. The van der Waals surface area contributed by atoms with E-state index in [1.165, 1.54) is 4.90 Å². The molecule has 130 valence electrons. The first-order valence-electron chi connectivity index (χ1n) is 8.57. The first kappa shape index (κ1) is 17.2. The lowest BCUT2D eigenvalue weighted by molar-refractivity contribution is 0.0964. The Kier molecular flexibility index (Phi) is 5.00. The van der Waals surface area contributed by atoms with E-state index >= 15 is 0 Å². The van der Waals surface area contributed by atoms with E-state index in [2.05, 4.69) is 17.4 Å². The molecule has 1 N–H and O–H groups in total. The topological polar surface area (TPSA) is 29.1 Å². The Hall–Kier alpha value is -2.23. The molecule has 3 aromatic carbocycles. The highest BCUT2D eigenvalue weighted by molar-refractivity contribution is 7.99. The quantitative estimate of drug-likeness (QED) is 0.544. The molecule has 3 aromatic rings. The lowest BCUT2D eigenvalue weighted by Gasteiger charge is -2.32. The number of Topliss-reactive ketones (excluding diaryl/α,β-unsaturated/α-hetero) is 1. The average molecular weight is 380 g/mol. The van der Waals surface area contributed by atoms with Crippen LogP contribution in [0.4, 0.5) is 5.69 Å². The van der Waals surface area contributed by atoms with Gasteiger partial charge in [0, 0.05) is 26.4 Å². The summed E-state index contributed by atoms with van der Waals surface area (Å²) >= 11 is 8.02. The molecule has 0 bridgehead atoms. The van der Waals surface area contributed by atoms with Crippen LogP contribution >= 0.6 is 23.4 Å². The number of rotatable bonds is 4. The second-order valence-electron chi connectivity index (χ2n) is 6.31. The molecule has 0 saturated heterocycles. The summed E-state index contributed by atoms with van der Waals surface area (Å²) in [5.41, 5.74) is 2.89. The average Bonchev–Trinajstić information content (AvgIpc) is 2.69. The molecule has 0 saturated carbocycles. The summed E-state index contributed by atoms with van der Waals surface area (Å²) in [6.45, 7) is 0. The number of carbonyl (C=O) groups is 1. The van der Waals surface area contributed by atoms with Crippen LogP contribution in [0.3, 0.4) is 0 Å². The summed E-state index contributed by atoms with van der Waals surface area (Å²) in [4.78, 5) is 14.2.